The number of likely N-dealkylation sites (tertiary alicyclic amines) is 1. The second kappa shape index (κ2) is 6.97. The maximum absolute atomic E-state index is 13.4. The van der Waals surface area contributed by atoms with Crippen molar-refractivity contribution in [2.24, 2.45) is 0 Å². The molecule has 134 valence electrons. The Bertz CT molecular complexity index is 984. The zero-order chi connectivity index (χ0) is 18.1. The third-order valence-corrected chi connectivity index (χ3v) is 5.16. The van der Waals surface area contributed by atoms with Crippen LogP contribution in [0.5, 0.6) is 0 Å². The molecule has 4 rings (SSSR count). The summed E-state index contributed by atoms with van der Waals surface area (Å²) >= 11 is 5.61. The van der Waals surface area contributed by atoms with E-state index in [0.29, 0.717) is 28.8 Å². The number of carbonyl (C=O) groups excluding carboxylic acids is 1. The number of fused-ring (bicyclic) bond motifs is 1. The van der Waals surface area contributed by atoms with Crippen LogP contribution in [-0.4, -0.2) is 54.9 Å². The van der Waals surface area contributed by atoms with Gasteiger partial charge in [-0.1, -0.05) is 42.5 Å². The van der Waals surface area contributed by atoms with Crippen LogP contribution in [0.2, 0.25) is 0 Å². The number of aromatic nitrogens is 4. The first-order valence-corrected chi connectivity index (χ1v) is 8.98. The third-order valence-electron chi connectivity index (χ3n) is 4.73. The van der Waals surface area contributed by atoms with Gasteiger partial charge in [0.2, 0.25) is 5.91 Å². The highest BCUT2D eigenvalue weighted by Gasteiger charge is 2.31. The molecular formula is C18H19N5O2S. The fourth-order valence-electron chi connectivity index (χ4n) is 3.41. The molecule has 0 radical (unpaired) electrons. The third kappa shape index (κ3) is 3.02. The van der Waals surface area contributed by atoms with Crippen molar-refractivity contribution in [2.75, 3.05) is 13.1 Å². The van der Waals surface area contributed by atoms with Crippen LogP contribution in [-0.2, 0) is 4.79 Å². The van der Waals surface area contributed by atoms with Crippen LogP contribution in [0.15, 0.2) is 42.9 Å². The lowest BCUT2D eigenvalue weighted by molar-refractivity contribution is -0.136. The van der Waals surface area contributed by atoms with Crippen LogP contribution in [0.3, 0.4) is 0 Å². The molecule has 2 atom stereocenters. The Kier molecular flexibility index (Phi) is 4.52. The summed E-state index contributed by atoms with van der Waals surface area (Å²) < 4.78 is 2.22. The van der Waals surface area contributed by atoms with Gasteiger partial charge in [-0.3, -0.25) is 9.89 Å². The number of hydrogen-bond donors (Lipinski definition) is 2. The van der Waals surface area contributed by atoms with Crippen molar-refractivity contribution < 1.29 is 9.90 Å². The van der Waals surface area contributed by atoms with Crippen LogP contribution in [0.1, 0.15) is 24.4 Å². The van der Waals surface area contributed by atoms with Gasteiger partial charge in [-0.2, -0.15) is 5.10 Å². The van der Waals surface area contributed by atoms with Gasteiger partial charge in [0.05, 0.1) is 24.0 Å². The second-order valence-electron chi connectivity index (χ2n) is 6.48. The number of β-amino-alcohol motifs (C(OH)–C–C–N with tert-alkyl or cyclic N) is 1. The first-order chi connectivity index (χ1) is 12.6. The second-order valence-corrected chi connectivity index (χ2v) is 6.87. The summed E-state index contributed by atoms with van der Waals surface area (Å²) in [7, 11) is 0. The molecule has 0 bridgehead atoms. The summed E-state index contributed by atoms with van der Waals surface area (Å²) in [4.78, 5) is 19.4. The molecule has 1 aliphatic rings. The van der Waals surface area contributed by atoms with Crippen molar-refractivity contribution in [3.63, 3.8) is 0 Å². The Labute approximate surface area is 155 Å². The van der Waals surface area contributed by atoms with Gasteiger partial charge in [0.25, 0.3) is 0 Å². The number of hydrogen-bond acceptors (Lipinski definition) is 5. The maximum Gasteiger partial charge on any atom is 0.250 e. The number of amides is 1. The number of rotatable bonds is 3. The van der Waals surface area contributed by atoms with E-state index in [2.05, 4.69) is 15.2 Å². The van der Waals surface area contributed by atoms with E-state index in [-0.39, 0.29) is 5.91 Å². The van der Waals surface area contributed by atoms with E-state index in [1.165, 1.54) is 0 Å². The number of aliphatic hydroxyl groups is 1. The smallest absolute Gasteiger partial charge is 0.250 e. The van der Waals surface area contributed by atoms with Gasteiger partial charge in [0, 0.05) is 13.1 Å². The average Bonchev–Trinajstić information content (AvgIpc) is 3.14. The van der Waals surface area contributed by atoms with E-state index in [4.69, 9.17) is 12.2 Å². The van der Waals surface area contributed by atoms with Crippen molar-refractivity contribution in [3.05, 3.63) is 53.1 Å². The number of piperidine rings is 1. The molecule has 1 fully saturated rings. The quantitative estimate of drug-likeness (QED) is 0.690. The summed E-state index contributed by atoms with van der Waals surface area (Å²) in [5.41, 5.74) is 1.43. The molecule has 1 aromatic carbocycles. The van der Waals surface area contributed by atoms with Crippen molar-refractivity contribution in [3.8, 4) is 0 Å². The molecule has 26 heavy (non-hydrogen) atoms. The van der Waals surface area contributed by atoms with Crippen molar-refractivity contribution in [2.45, 2.75) is 25.0 Å². The number of aromatic amines is 1. The van der Waals surface area contributed by atoms with Gasteiger partial charge in [-0.05, 0) is 18.4 Å². The number of nitrogens with one attached hydrogen (secondary N) is 1. The molecule has 3 heterocycles. The first-order valence-electron chi connectivity index (χ1n) is 8.57. The molecule has 1 saturated heterocycles. The minimum Gasteiger partial charge on any atom is -0.391 e. The monoisotopic (exact) mass is 369 g/mol. The minimum absolute atomic E-state index is 0.0873. The van der Waals surface area contributed by atoms with Crippen molar-refractivity contribution >= 4 is 29.2 Å². The summed E-state index contributed by atoms with van der Waals surface area (Å²) in [6.45, 7) is 0.977. The number of H-pyrrole nitrogens is 1. The molecule has 2 N–H and O–H groups in total. The molecule has 2 unspecified atom stereocenters. The molecule has 3 aromatic rings. The van der Waals surface area contributed by atoms with Gasteiger partial charge < -0.3 is 14.6 Å². The van der Waals surface area contributed by atoms with E-state index in [1.54, 1.807) is 22.0 Å². The van der Waals surface area contributed by atoms with E-state index in [9.17, 15) is 9.90 Å². The summed E-state index contributed by atoms with van der Waals surface area (Å²) in [6, 6.07) is 8.89. The highest BCUT2D eigenvalue weighted by molar-refractivity contribution is 7.71. The van der Waals surface area contributed by atoms with Crippen molar-refractivity contribution in [1.82, 2.24) is 24.6 Å². The molecule has 1 aliphatic heterocycles. The molecule has 7 nitrogen and oxygen atoms in total. The number of carbonyl (C=O) groups is 1. The van der Waals surface area contributed by atoms with Crippen LogP contribution in [0, 0.1) is 4.64 Å². The fraction of sp³-hybridized carbons (Fsp3) is 0.333. The summed E-state index contributed by atoms with van der Waals surface area (Å²) in [5.74, 6) is -0.0873. The molecule has 1 amide bonds. The lowest BCUT2D eigenvalue weighted by Crippen LogP contribution is -2.45. The predicted octanol–water partition coefficient (Wildman–Crippen LogP) is 2.06. The molecule has 0 spiro atoms. The van der Waals surface area contributed by atoms with E-state index < -0.39 is 12.1 Å². The summed E-state index contributed by atoms with van der Waals surface area (Å²) in [6.07, 6.45) is 4.24. The highest BCUT2D eigenvalue weighted by Crippen LogP contribution is 2.25. The van der Waals surface area contributed by atoms with Crippen molar-refractivity contribution in [1.29, 1.82) is 0 Å². The molecular weight excluding hydrogens is 350 g/mol. The Hall–Kier alpha value is -2.58. The maximum atomic E-state index is 13.4. The molecule has 0 aliphatic carbocycles. The Balaban J connectivity index is 1.81. The molecule has 2 aromatic heterocycles. The topological polar surface area (TPSA) is 87.0 Å². The van der Waals surface area contributed by atoms with Gasteiger partial charge in [0.15, 0.2) is 5.65 Å². The number of benzene rings is 1. The standard InChI is InChI=1S/C18H19N5O2S/c24-13-7-4-8-22(10-13)17(25)15(12-5-2-1-3-6-12)23-11-19-16-14(18(23)26)9-20-21-16/h1-3,5-6,9,11,13,15,24H,4,7-8,10H2,(H,20,21). The van der Waals surface area contributed by atoms with E-state index >= 15 is 0 Å². The normalized spacial score (nSPS) is 18.8. The Morgan fingerprint density at radius 3 is 2.92 bits per heavy atom. The zero-order valence-electron chi connectivity index (χ0n) is 14.1. The Morgan fingerprint density at radius 2 is 2.15 bits per heavy atom. The SMILES string of the molecule is O=C(C(c1ccccc1)n1cnc2[nH]ncc2c1=S)N1CCCC(O)C1. The zero-order valence-corrected chi connectivity index (χ0v) is 14.9. The lowest BCUT2D eigenvalue weighted by atomic mass is 10.0. The van der Waals surface area contributed by atoms with Crippen LogP contribution in [0.4, 0.5) is 0 Å². The van der Waals surface area contributed by atoms with E-state index in [0.717, 1.165) is 18.4 Å². The average molecular weight is 369 g/mol. The fourth-order valence-corrected chi connectivity index (χ4v) is 3.72. The van der Waals surface area contributed by atoms with Crippen LogP contribution in [0.25, 0.3) is 11.0 Å². The number of nitrogens with zero attached hydrogens (tertiary/aromatic N) is 4. The molecule has 0 saturated carbocycles. The highest BCUT2D eigenvalue weighted by atomic mass is 32.1. The summed E-state index contributed by atoms with van der Waals surface area (Å²) in [5, 5.41) is 17.5. The van der Waals surface area contributed by atoms with E-state index in [1.807, 2.05) is 30.3 Å². The predicted molar refractivity (Wildman–Crippen MR) is 99.1 cm³/mol. The number of aliphatic hydroxyl groups excluding tert-OH is 1. The van der Waals surface area contributed by atoms with Gasteiger partial charge in [-0.15, -0.1) is 0 Å². The first kappa shape index (κ1) is 16.9. The van der Waals surface area contributed by atoms with Crippen LogP contribution >= 0.6 is 12.2 Å². The lowest BCUT2D eigenvalue weighted by Gasteiger charge is -2.33. The Morgan fingerprint density at radius 1 is 1.35 bits per heavy atom. The van der Waals surface area contributed by atoms with Gasteiger partial charge in [-0.25, -0.2) is 4.98 Å². The van der Waals surface area contributed by atoms with Crippen LogP contribution < -0.4 is 0 Å². The minimum atomic E-state index is -0.624. The molecule has 8 heteroatoms. The van der Waals surface area contributed by atoms with Gasteiger partial charge >= 0.3 is 0 Å². The largest absolute Gasteiger partial charge is 0.391 e. The van der Waals surface area contributed by atoms with Gasteiger partial charge in [0.1, 0.15) is 10.7 Å².